The normalized spacial score (nSPS) is 11.7. The zero-order valence-electron chi connectivity index (χ0n) is 13.3. The van der Waals surface area contributed by atoms with Gasteiger partial charge in [-0.25, -0.2) is 13.4 Å². The number of imidazole rings is 1. The Bertz CT molecular complexity index is 1130. The van der Waals surface area contributed by atoms with Gasteiger partial charge in [0.1, 0.15) is 0 Å². The molecule has 0 atom stereocenters. The zero-order valence-corrected chi connectivity index (χ0v) is 14.2. The number of nitrogens with zero attached hydrogens (tertiary/aromatic N) is 3. The zero-order chi connectivity index (χ0) is 17.4. The standard InChI is InChI=1S/C17H15N5O2S/c1-25(23,24)14-4-2-13(3-5-14)21-15-6-7-16(12-10-19-20-11-12)22-9-8-18-17(15)22/h2-11,21H,1H3,(H,19,20). The summed E-state index contributed by atoms with van der Waals surface area (Å²) in [5.41, 5.74) is 4.31. The molecule has 4 aromatic rings. The van der Waals surface area contributed by atoms with E-state index in [4.69, 9.17) is 0 Å². The van der Waals surface area contributed by atoms with E-state index in [2.05, 4.69) is 20.5 Å². The van der Waals surface area contributed by atoms with Crippen LogP contribution in [0.4, 0.5) is 11.4 Å². The van der Waals surface area contributed by atoms with Gasteiger partial charge < -0.3 is 5.32 Å². The smallest absolute Gasteiger partial charge is 0.175 e. The number of aromatic nitrogens is 4. The van der Waals surface area contributed by atoms with Crippen LogP contribution in [0.5, 0.6) is 0 Å². The summed E-state index contributed by atoms with van der Waals surface area (Å²) in [5, 5.41) is 10.1. The monoisotopic (exact) mass is 353 g/mol. The highest BCUT2D eigenvalue weighted by atomic mass is 32.2. The van der Waals surface area contributed by atoms with Crippen molar-refractivity contribution in [1.29, 1.82) is 0 Å². The van der Waals surface area contributed by atoms with Crippen molar-refractivity contribution in [2.24, 2.45) is 0 Å². The maximum absolute atomic E-state index is 11.6. The third-order valence-electron chi connectivity index (χ3n) is 3.90. The number of nitrogens with one attached hydrogen (secondary N) is 2. The SMILES string of the molecule is CS(=O)(=O)c1ccc(Nc2ccc(-c3cn[nH]c3)n3ccnc23)cc1. The van der Waals surface area contributed by atoms with Crippen LogP contribution in [0.2, 0.25) is 0 Å². The van der Waals surface area contributed by atoms with Crippen molar-refractivity contribution in [3.05, 3.63) is 61.2 Å². The lowest BCUT2D eigenvalue weighted by Crippen LogP contribution is -1.99. The number of fused-ring (bicyclic) bond motifs is 1. The molecule has 0 aliphatic rings. The summed E-state index contributed by atoms with van der Waals surface area (Å²) in [6, 6.07) is 10.6. The molecule has 0 fully saturated rings. The average Bonchev–Trinajstić information content (AvgIpc) is 3.27. The van der Waals surface area contributed by atoms with E-state index in [1.807, 2.05) is 28.9 Å². The fraction of sp³-hybridized carbons (Fsp3) is 0.0588. The lowest BCUT2D eigenvalue weighted by atomic mass is 10.2. The second kappa shape index (κ2) is 5.75. The molecule has 0 unspecified atom stereocenters. The summed E-state index contributed by atoms with van der Waals surface area (Å²) in [5.74, 6) is 0. The average molecular weight is 353 g/mol. The molecule has 0 spiro atoms. The Labute approximate surface area is 144 Å². The number of pyridine rings is 1. The summed E-state index contributed by atoms with van der Waals surface area (Å²) in [6.45, 7) is 0. The molecule has 0 aliphatic heterocycles. The molecule has 126 valence electrons. The summed E-state index contributed by atoms with van der Waals surface area (Å²) < 4.78 is 25.1. The van der Waals surface area contributed by atoms with Crippen LogP contribution in [0.3, 0.4) is 0 Å². The van der Waals surface area contributed by atoms with Crippen LogP contribution in [0.1, 0.15) is 0 Å². The number of hydrogen-bond acceptors (Lipinski definition) is 5. The maximum Gasteiger partial charge on any atom is 0.175 e. The van der Waals surface area contributed by atoms with Crippen molar-refractivity contribution in [3.63, 3.8) is 0 Å². The van der Waals surface area contributed by atoms with E-state index >= 15 is 0 Å². The van der Waals surface area contributed by atoms with Crippen LogP contribution in [-0.2, 0) is 9.84 Å². The van der Waals surface area contributed by atoms with Crippen LogP contribution in [0.15, 0.2) is 66.1 Å². The fourth-order valence-electron chi connectivity index (χ4n) is 2.68. The van der Waals surface area contributed by atoms with E-state index in [0.717, 1.165) is 28.3 Å². The summed E-state index contributed by atoms with van der Waals surface area (Å²) in [7, 11) is -3.20. The van der Waals surface area contributed by atoms with Gasteiger partial charge in [0.05, 0.1) is 22.5 Å². The molecular weight excluding hydrogens is 338 g/mol. The molecule has 4 rings (SSSR count). The van der Waals surface area contributed by atoms with Crippen LogP contribution >= 0.6 is 0 Å². The van der Waals surface area contributed by atoms with Crippen molar-refractivity contribution < 1.29 is 8.42 Å². The summed E-state index contributed by atoms with van der Waals surface area (Å²) in [4.78, 5) is 4.71. The van der Waals surface area contributed by atoms with Crippen molar-refractivity contribution in [2.45, 2.75) is 4.90 Å². The summed E-state index contributed by atoms with van der Waals surface area (Å²) in [6.07, 6.45) is 8.39. The molecule has 0 amide bonds. The van der Waals surface area contributed by atoms with Crippen LogP contribution in [0.25, 0.3) is 16.9 Å². The topological polar surface area (TPSA) is 92.1 Å². The van der Waals surface area contributed by atoms with Crippen molar-refractivity contribution in [1.82, 2.24) is 19.6 Å². The third-order valence-corrected chi connectivity index (χ3v) is 5.03. The molecule has 8 heteroatoms. The van der Waals surface area contributed by atoms with Gasteiger partial charge in [0, 0.05) is 36.1 Å². The number of benzene rings is 1. The Morgan fingerprint density at radius 3 is 2.60 bits per heavy atom. The fourth-order valence-corrected chi connectivity index (χ4v) is 3.31. The molecule has 0 saturated carbocycles. The van der Waals surface area contributed by atoms with Crippen LogP contribution < -0.4 is 5.32 Å². The van der Waals surface area contributed by atoms with Crippen LogP contribution in [-0.4, -0.2) is 34.3 Å². The van der Waals surface area contributed by atoms with E-state index in [0.29, 0.717) is 4.90 Å². The lowest BCUT2D eigenvalue weighted by molar-refractivity contribution is 0.602. The molecule has 0 bridgehead atoms. The van der Waals surface area contributed by atoms with E-state index < -0.39 is 9.84 Å². The molecule has 3 heterocycles. The molecule has 3 aromatic heterocycles. The van der Waals surface area contributed by atoms with Gasteiger partial charge in [-0.2, -0.15) is 5.10 Å². The Hall–Kier alpha value is -3.13. The Kier molecular flexibility index (Phi) is 3.54. The predicted octanol–water partition coefficient (Wildman–Crippen LogP) is 2.87. The largest absolute Gasteiger partial charge is 0.352 e. The molecule has 0 aliphatic carbocycles. The quantitative estimate of drug-likeness (QED) is 0.588. The first-order valence-corrected chi connectivity index (χ1v) is 9.44. The van der Waals surface area contributed by atoms with Crippen molar-refractivity contribution in [2.75, 3.05) is 11.6 Å². The van der Waals surface area contributed by atoms with Gasteiger partial charge in [0.2, 0.25) is 0 Å². The van der Waals surface area contributed by atoms with Gasteiger partial charge in [-0.3, -0.25) is 9.50 Å². The van der Waals surface area contributed by atoms with E-state index in [-0.39, 0.29) is 0 Å². The Morgan fingerprint density at radius 2 is 1.92 bits per heavy atom. The maximum atomic E-state index is 11.6. The second-order valence-corrected chi connectivity index (χ2v) is 7.68. The van der Waals surface area contributed by atoms with Gasteiger partial charge >= 0.3 is 0 Å². The Morgan fingerprint density at radius 1 is 1.12 bits per heavy atom. The molecule has 2 N–H and O–H groups in total. The van der Waals surface area contributed by atoms with E-state index in [1.165, 1.54) is 6.26 Å². The number of rotatable bonds is 4. The van der Waals surface area contributed by atoms with Crippen LogP contribution in [0, 0.1) is 0 Å². The third kappa shape index (κ3) is 2.87. The van der Waals surface area contributed by atoms with Gasteiger partial charge in [0.15, 0.2) is 15.5 Å². The number of anilines is 2. The van der Waals surface area contributed by atoms with Gasteiger partial charge in [0.25, 0.3) is 0 Å². The van der Waals surface area contributed by atoms with Crippen molar-refractivity contribution in [3.8, 4) is 11.3 Å². The number of H-pyrrole nitrogens is 1. The minimum Gasteiger partial charge on any atom is -0.352 e. The molecule has 0 saturated heterocycles. The molecule has 7 nitrogen and oxygen atoms in total. The van der Waals surface area contributed by atoms with Crippen molar-refractivity contribution >= 4 is 26.9 Å². The van der Waals surface area contributed by atoms with Gasteiger partial charge in [-0.15, -0.1) is 0 Å². The minimum atomic E-state index is -3.20. The molecule has 25 heavy (non-hydrogen) atoms. The van der Waals surface area contributed by atoms with E-state index in [9.17, 15) is 8.42 Å². The highest BCUT2D eigenvalue weighted by Gasteiger charge is 2.10. The molecule has 0 radical (unpaired) electrons. The minimum absolute atomic E-state index is 0.291. The Balaban J connectivity index is 1.71. The number of sulfone groups is 1. The summed E-state index contributed by atoms with van der Waals surface area (Å²) >= 11 is 0. The van der Waals surface area contributed by atoms with E-state index in [1.54, 1.807) is 36.7 Å². The molecular formula is C17H15N5O2S. The first-order valence-electron chi connectivity index (χ1n) is 7.55. The van der Waals surface area contributed by atoms with Gasteiger partial charge in [-0.05, 0) is 36.4 Å². The highest BCUT2D eigenvalue weighted by molar-refractivity contribution is 7.90. The second-order valence-electron chi connectivity index (χ2n) is 5.66. The predicted molar refractivity (Wildman–Crippen MR) is 95.6 cm³/mol. The number of hydrogen-bond donors (Lipinski definition) is 2. The first kappa shape index (κ1) is 15.4. The lowest BCUT2D eigenvalue weighted by Gasteiger charge is -2.11. The van der Waals surface area contributed by atoms with Gasteiger partial charge in [-0.1, -0.05) is 0 Å². The molecule has 1 aromatic carbocycles. The first-order chi connectivity index (χ1) is 12.0. The number of aromatic amines is 1. The highest BCUT2D eigenvalue weighted by Crippen LogP contribution is 2.27.